The third-order valence-corrected chi connectivity index (χ3v) is 3.51. The van der Waals surface area contributed by atoms with E-state index in [2.05, 4.69) is 10.3 Å². The molecule has 1 heterocycles. The summed E-state index contributed by atoms with van der Waals surface area (Å²) < 4.78 is 6.88. The third kappa shape index (κ3) is 3.23. The minimum atomic E-state index is -0.186. The second-order valence-corrected chi connectivity index (χ2v) is 4.95. The molecule has 5 heteroatoms. The van der Waals surface area contributed by atoms with E-state index < -0.39 is 0 Å². The number of para-hydroxylation sites is 2. The van der Waals surface area contributed by atoms with Crippen molar-refractivity contribution < 1.29 is 4.74 Å². The fraction of sp³-hybridized carbons (Fsp3) is 0.111. The van der Waals surface area contributed by atoms with Crippen LogP contribution in [0.25, 0.3) is 5.69 Å². The number of aromatic nitrogens is 2. The zero-order valence-electron chi connectivity index (χ0n) is 12.8. The summed E-state index contributed by atoms with van der Waals surface area (Å²) in [6.07, 6.45) is 3.27. The summed E-state index contributed by atoms with van der Waals surface area (Å²) in [6.45, 7) is 0.463. The van der Waals surface area contributed by atoms with E-state index in [9.17, 15) is 4.79 Å². The Bertz CT molecular complexity index is 844. The molecule has 1 aromatic heterocycles. The van der Waals surface area contributed by atoms with Crippen LogP contribution in [0.1, 0.15) is 5.56 Å². The lowest BCUT2D eigenvalue weighted by molar-refractivity contribution is 0.410. The summed E-state index contributed by atoms with van der Waals surface area (Å²) in [4.78, 5) is 16.7. The Kier molecular flexibility index (Phi) is 4.38. The maximum absolute atomic E-state index is 12.6. The molecular weight excluding hydrogens is 290 g/mol. The molecule has 0 radical (unpaired) electrons. The van der Waals surface area contributed by atoms with Gasteiger partial charge in [-0.15, -0.1) is 0 Å². The SMILES string of the molecule is COc1ccccc1CNc1nccn(-c2ccccc2)c1=O. The number of anilines is 1. The zero-order valence-corrected chi connectivity index (χ0v) is 12.8. The number of ether oxygens (including phenoxy) is 1. The van der Waals surface area contributed by atoms with Gasteiger partial charge in [-0.25, -0.2) is 4.98 Å². The lowest BCUT2D eigenvalue weighted by atomic mass is 10.2. The van der Waals surface area contributed by atoms with Crippen molar-refractivity contribution in [2.75, 3.05) is 12.4 Å². The molecule has 0 amide bonds. The van der Waals surface area contributed by atoms with Gasteiger partial charge in [0, 0.05) is 30.2 Å². The second-order valence-electron chi connectivity index (χ2n) is 4.95. The number of hydrogen-bond acceptors (Lipinski definition) is 4. The molecule has 0 spiro atoms. The molecule has 0 unspecified atom stereocenters. The molecule has 0 saturated heterocycles. The first-order valence-corrected chi connectivity index (χ1v) is 7.28. The number of nitrogens with zero attached hydrogens (tertiary/aromatic N) is 2. The van der Waals surface area contributed by atoms with Crippen LogP contribution in [0.2, 0.25) is 0 Å². The van der Waals surface area contributed by atoms with Crippen LogP contribution in [0, 0.1) is 0 Å². The van der Waals surface area contributed by atoms with Crippen LogP contribution in [0.3, 0.4) is 0 Å². The predicted molar refractivity (Wildman–Crippen MR) is 90.2 cm³/mol. The summed E-state index contributed by atoms with van der Waals surface area (Å²) >= 11 is 0. The van der Waals surface area contributed by atoms with E-state index in [1.807, 2.05) is 54.6 Å². The molecule has 0 atom stereocenters. The first-order valence-electron chi connectivity index (χ1n) is 7.28. The topological polar surface area (TPSA) is 56.1 Å². The fourth-order valence-electron chi connectivity index (χ4n) is 2.35. The summed E-state index contributed by atoms with van der Waals surface area (Å²) in [7, 11) is 1.63. The maximum atomic E-state index is 12.6. The van der Waals surface area contributed by atoms with E-state index in [1.54, 1.807) is 24.1 Å². The van der Waals surface area contributed by atoms with Crippen molar-refractivity contribution >= 4 is 5.82 Å². The lowest BCUT2D eigenvalue weighted by Gasteiger charge is -2.11. The molecule has 3 aromatic rings. The molecule has 0 aliphatic heterocycles. The Morgan fingerprint density at radius 3 is 2.61 bits per heavy atom. The first kappa shape index (κ1) is 14.8. The van der Waals surface area contributed by atoms with E-state index >= 15 is 0 Å². The van der Waals surface area contributed by atoms with E-state index in [-0.39, 0.29) is 5.56 Å². The zero-order chi connectivity index (χ0) is 16.1. The van der Waals surface area contributed by atoms with Crippen molar-refractivity contribution in [3.63, 3.8) is 0 Å². The van der Waals surface area contributed by atoms with Crippen molar-refractivity contribution in [1.29, 1.82) is 0 Å². The number of hydrogen-bond donors (Lipinski definition) is 1. The molecule has 116 valence electrons. The molecular formula is C18H17N3O2. The standard InChI is InChI=1S/C18H17N3O2/c1-23-16-10-6-5-7-14(16)13-20-17-18(22)21(12-11-19-17)15-8-3-2-4-9-15/h2-12H,13H2,1H3,(H,19,20). The number of rotatable bonds is 5. The number of methoxy groups -OCH3 is 1. The molecule has 23 heavy (non-hydrogen) atoms. The van der Waals surface area contributed by atoms with Gasteiger partial charge in [-0.3, -0.25) is 9.36 Å². The Balaban J connectivity index is 1.86. The van der Waals surface area contributed by atoms with Crippen molar-refractivity contribution in [1.82, 2.24) is 9.55 Å². The molecule has 2 aromatic carbocycles. The average Bonchev–Trinajstić information content (AvgIpc) is 2.62. The second kappa shape index (κ2) is 6.79. The lowest BCUT2D eigenvalue weighted by Crippen LogP contribution is -2.23. The van der Waals surface area contributed by atoms with Crippen LogP contribution in [0.5, 0.6) is 5.75 Å². The van der Waals surface area contributed by atoms with Crippen LogP contribution < -0.4 is 15.6 Å². The van der Waals surface area contributed by atoms with Gasteiger partial charge in [-0.1, -0.05) is 36.4 Å². The number of benzene rings is 2. The van der Waals surface area contributed by atoms with Crippen molar-refractivity contribution in [3.05, 3.63) is 82.9 Å². The van der Waals surface area contributed by atoms with Gasteiger partial charge in [0.15, 0.2) is 5.82 Å². The summed E-state index contributed by atoms with van der Waals surface area (Å²) in [6, 6.07) is 17.1. The smallest absolute Gasteiger partial charge is 0.297 e. The molecule has 3 rings (SSSR count). The normalized spacial score (nSPS) is 10.3. The molecule has 0 fully saturated rings. The highest BCUT2D eigenvalue weighted by Gasteiger charge is 2.07. The quantitative estimate of drug-likeness (QED) is 0.787. The summed E-state index contributed by atoms with van der Waals surface area (Å²) in [5.74, 6) is 1.08. The van der Waals surface area contributed by atoms with Crippen LogP contribution in [0.15, 0.2) is 71.8 Å². The molecule has 0 aliphatic rings. The fourth-order valence-corrected chi connectivity index (χ4v) is 2.35. The average molecular weight is 307 g/mol. The highest BCUT2D eigenvalue weighted by atomic mass is 16.5. The van der Waals surface area contributed by atoms with Crippen LogP contribution in [0.4, 0.5) is 5.82 Å². The van der Waals surface area contributed by atoms with Gasteiger partial charge in [-0.05, 0) is 18.2 Å². The van der Waals surface area contributed by atoms with Gasteiger partial charge in [0.1, 0.15) is 5.75 Å². The minimum absolute atomic E-state index is 0.186. The first-order chi connectivity index (χ1) is 11.3. The maximum Gasteiger partial charge on any atom is 0.297 e. The summed E-state index contributed by atoms with van der Waals surface area (Å²) in [5, 5.41) is 3.09. The Hall–Kier alpha value is -3.08. The van der Waals surface area contributed by atoms with Crippen molar-refractivity contribution in [2.45, 2.75) is 6.54 Å². The van der Waals surface area contributed by atoms with E-state index in [1.165, 1.54) is 0 Å². The van der Waals surface area contributed by atoms with E-state index in [4.69, 9.17) is 4.74 Å². The van der Waals surface area contributed by atoms with Crippen LogP contribution in [-0.4, -0.2) is 16.7 Å². The van der Waals surface area contributed by atoms with Crippen molar-refractivity contribution in [2.24, 2.45) is 0 Å². The van der Waals surface area contributed by atoms with Gasteiger partial charge < -0.3 is 10.1 Å². The monoisotopic (exact) mass is 307 g/mol. The summed E-state index contributed by atoms with van der Waals surface area (Å²) in [5.41, 5.74) is 1.58. The minimum Gasteiger partial charge on any atom is -0.496 e. The molecule has 1 N–H and O–H groups in total. The highest BCUT2D eigenvalue weighted by molar-refractivity contribution is 5.41. The Morgan fingerprint density at radius 2 is 1.83 bits per heavy atom. The molecule has 0 saturated carbocycles. The molecule has 5 nitrogen and oxygen atoms in total. The van der Waals surface area contributed by atoms with Gasteiger partial charge in [0.2, 0.25) is 0 Å². The largest absolute Gasteiger partial charge is 0.496 e. The molecule has 0 bridgehead atoms. The van der Waals surface area contributed by atoms with E-state index in [0.717, 1.165) is 17.0 Å². The van der Waals surface area contributed by atoms with Crippen molar-refractivity contribution in [3.8, 4) is 11.4 Å². The third-order valence-electron chi connectivity index (χ3n) is 3.51. The highest BCUT2D eigenvalue weighted by Crippen LogP contribution is 2.17. The van der Waals surface area contributed by atoms with Crippen LogP contribution >= 0.6 is 0 Å². The Labute approximate surface area is 134 Å². The van der Waals surface area contributed by atoms with Gasteiger partial charge in [0.05, 0.1) is 7.11 Å². The van der Waals surface area contributed by atoms with Gasteiger partial charge >= 0.3 is 0 Å². The Morgan fingerprint density at radius 1 is 1.09 bits per heavy atom. The van der Waals surface area contributed by atoms with Crippen LogP contribution in [-0.2, 0) is 6.54 Å². The number of nitrogens with one attached hydrogen (secondary N) is 1. The van der Waals surface area contributed by atoms with Gasteiger partial charge in [-0.2, -0.15) is 0 Å². The molecule has 0 aliphatic carbocycles. The van der Waals surface area contributed by atoms with E-state index in [0.29, 0.717) is 12.4 Å². The predicted octanol–water partition coefficient (Wildman–Crippen LogP) is 2.85. The van der Waals surface area contributed by atoms with Gasteiger partial charge in [0.25, 0.3) is 5.56 Å².